The van der Waals surface area contributed by atoms with Crippen LogP contribution in [-0.4, -0.2) is 24.9 Å². The van der Waals surface area contributed by atoms with Gasteiger partial charge in [0, 0.05) is 11.3 Å². The van der Waals surface area contributed by atoms with Gasteiger partial charge in [0.2, 0.25) is 0 Å². The lowest BCUT2D eigenvalue weighted by atomic mass is 10.1. The molecule has 0 saturated heterocycles. The van der Waals surface area contributed by atoms with Crippen molar-refractivity contribution in [2.24, 2.45) is 0 Å². The molecule has 0 unspecified atom stereocenters. The molecule has 0 radical (unpaired) electrons. The van der Waals surface area contributed by atoms with Crippen molar-refractivity contribution in [1.82, 2.24) is 0 Å². The highest BCUT2D eigenvalue weighted by Crippen LogP contribution is 2.17. The van der Waals surface area contributed by atoms with Crippen LogP contribution in [0.2, 0.25) is 0 Å². The molecule has 5 heteroatoms. The van der Waals surface area contributed by atoms with Crippen molar-refractivity contribution in [2.75, 3.05) is 18.5 Å². The van der Waals surface area contributed by atoms with Crippen LogP contribution in [0.1, 0.15) is 24.2 Å². The van der Waals surface area contributed by atoms with E-state index < -0.39 is 0 Å². The molecule has 2 rings (SSSR count). The number of carbonyl (C=O) groups excluding carboxylic acids is 2. The highest BCUT2D eigenvalue weighted by atomic mass is 16.5. The van der Waals surface area contributed by atoms with E-state index in [1.54, 1.807) is 48.5 Å². The van der Waals surface area contributed by atoms with E-state index in [0.717, 1.165) is 5.75 Å². The minimum absolute atomic E-state index is 0.0493. The van der Waals surface area contributed by atoms with Gasteiger partial charge in [-0.05, 0) is 50.2 Å². The molecule has 0 bridgehead atoms. The lowest BCUT2D eigenvalue weighted by molar-refractivity contribution is -0.118. The molecule has 2 aromatic carbocycles. The number of hydrogen-bond donors (Lipinski definition) is 1. The molecule has 1 amide bonds. The summed E-state index contributed by atoms with van der Waals surface area (Å²) in [4.78, 5) is 23.2. The number of nitrogens with one attached hydrogen (secondary N) is 1. The van der Waals surface area contributed by atoms with Gasteiger partial charge >= 0.3 is 0 Å². The van der Waals surface area contributed by atoms with Crippen LogP contribution < -0.4 is 14.8 Å². The zero-order chi connectivity index (χ0) is 16.7. The van der Waals surface area contributed by atoms with E-state index in [1.807, 2.05) is 6.92 Å². The van der Waals surface area contributed by atoms with Gasteiger partial charge < -0.3 is 14.8 Å². The quantitative estimate of drug-likeness (QED) is 0.797. The molecule has 1 N–H and O–H groups in total. The van der Waals surface area contributed by atoms with Crippen LogP contribution in [0, 0.1) is 0 Å². The predicted molar refractivity (Wildman–Crippen MR) is 88.2 cm³/mol. The summed E-state index contributed by atoms with van der Waals surface area (Å²) < 4.78 is 10.7. The molecule has 2 aromatic rings. The van der Waals surface area contributed by atoms with Crippen molar-refractivity contribution in [3.05, 3.63) is 54.1 Å². The first kappa shape index (κ1) is 16.5. The van der Waals surface area contributed by atoms with E-state index in [-0.39, 0.29) is 18.3 Å². The predicted octanol–water partition coefficient (Wildman–Crippen LogP) is 3.31. The summed E-state index contributed by atoms with van der Waals surface area (Å²) in [5.74, 6) is 0.998. The molecule has 5 nitrogen and oxygen atoms in total. The van der Waals surface area contributed by atoms with Gasteiger partial charge in [-0.15, -0.1) is 0 Å². The Morgan fingerprint density at radius 1 is 1.00 bits per heavy atom. The second-order valence-electron chi connectivity index (χ2n) is 4.88. The average Bonchev–Trinajstić information content (AvgIpc) is 2.55. The van der Waals surface area contributed by atoms with E-state index in [2.05, 4.69) is 5.32 Å². The van der Waals surface area contributed by atoms with E-state index in [0.29, 0.717) is 23.6 Å². The van der Waals surface area contributed by atoms with Crippen LogP contribution in [0.25, 0.3) is 0 Å². The maximum Gasteiger partial charge on any atom is 0.262 e. The Morgan fingerprint density at radius 2 is 1.65 bits per heavy atom. The Kier molecular flexibility index (Phi) is 5.74. The smallest absolute Gasteiger partial charge is 0.262 e. The van der Waals surface area contributed by atoms with E-state index >= 15 is 0 Å². The third-order valence-electron chi connectivity index (χ3n) is 3.06. The summed E-state index contributed by atoms with van der Waals surface area (Å²) >= 11 is 0. The molecular formula is C18H19NO4. The van der Waals surface area contributed by atoms with Crippen LogP contribution in [-0.2, 0) is 4.79 Å². The minimum atomic E-state index is -0.292. The van der Waals surface area contributed by atoms with E-state index in [9.17, 15) is 9.59 Å². The highest BCUT2D eigenvalue weighted by molar-refractivity contribution is 5.97. The standard InChI is InChI=1S/C18H19NO4/c1-3-22-16-7-9-17(10-8-16)23-12-18(21)19-15-6-4-5-14(11-15)13(2)20/h4-11H,3,12H2,1-2H3,(H,19,21). The Bertz CT molecular complexity index is 680. The molecular weight excluding hydrogens is 294 g/mol. The Hall–Kier alpha value is -2.82. The number of anilines is 1. The van der Waals surface area contributed by atoms with Crippen molar-refractivity contribution in [1.29, 1.82) is 0 Å². The van der Waals surface area contributed by atoms with E-state index in [1.165, 1.54) is 6.92 Å². The van der Waals surface area contributed by atoms with Gasteiger partial charge in [0.15, 0.2) is 12.4 Å². The van der Waals surface area contributed by atoms with Gasteiger partial charge in [0.1, 0.15) is 11.5 Å². The maximum absolute atomic E-state index is 11.9. The van der Waals surface area contributed by atoms with Gasteiger partial charge in [-0.1, -0.05) is 12.1 Å². The molecule has 0 aliphatic heterocycles. The summed E-state index contributed by atoms with van der Waals surface area (Å²) in [6, 6.07) is 13.8. The SMILES string of the molecule is CCOc1ccc(OCC(=O)Nc2cccc(C(C)=O)c2)cc1. The van der Waals surface area contributed by atoms with Gasteiger partial charge in [-0.2, -0.15) is 0 Å². The third-order valence-corrected chi connectivity index (χ3v) is 3.06. The van der Waals surface area contributed by atoms with Crippen LogP contribution in [0.3, 0.4) is 0 Å². The number of carbonyl (C=O) groups is 2. The summed E-state index contributed by atoms with van der Waals surface area (Å²) in [5.41, 5.74) is 1.12. The summed E-state index contributed by atoms with van der Waals surface area (Å²) in [5, 5.41) is 2.70. The molecule has 120 valence electrons. The third kappa shape index (κ3) is 5.14. The Balaban J connectivity index is 1.87. The zero-order valence-corrected chi connectivity index (χ0v) is 13.2. The first-order chi connectivity index (χ1) is 11.1. The molecule has 0 atom stereocenters. The van der Waals surface area contributed by atoms with Crippen molar-refractivity contribution in [3.63, 3.8) is 0 Å². The van der Waals surface area contributed by atoms with Gasteiger partial charge in [-0.3, -0.25) is 9.59 Å². The topological polar surface area (TPSA) is 64.6 Å². The lowest BCUT2D eigenvalue weighted by Gasteiger charge is -2.09. The molecule has 0 aliphatic rings. The Morgan fingerprint density at radius 3 is 2.26 bits per heavy atom. The average molecular weight is 313 g/mol. The number of ketones is 1. The molecule has 0 aliphatic carbocycles. The van der Waals surface area contributed by atoms with Crippen molar-refractivity contribution < 1.29 is 19.1 Å². The van der Waals surface area contributed by atoms with E-state index in [4.69, 9.17) is 9.47 Å². The molecule has 0 fully saturated rings. The second-order valence-corrected chi connectivity index (χ2v) is 4.88. The fourth-order valence-electron chi connectivity index (χ4n) is 1.96. The van der Waals surface area contributed by atoms with Crippen LogP contribution in [0.4, 0.5) is 5.69 Å². The zero-order valence-electron chi connectivity index (χ0n) is 13.2. The van der Waals surface area contributed by atoms with Crippen molar-refractivity contribution >= 4 is 17.4 Å². The molecule has 0 saturated carbocycles. The fourth-order valence-corrected chi connectivity index (χ4v) is 1.96. The summed E-state index contributed by atoms with van der Waals surface area (Å²) in [6.45, 7) is 3.88. The minimum Gasteiger partial charge on any atom is -0.494 e. The van der Waals surface area contributed by atoms with Gasteiger partial charge in [-0.25, -0.2) is 0 Å². The summed E-state index contributed by atoms with van der Waals surface area (Å²) in [7, 11) is 0. The number of hydrogen-bond acceptors (Lipinski definition) is 4. The number of ether oxygens (including phenoxy) is 2. The highest BCUT2D eigenvalue weighted by Gasteiger charge is 2.06. The molecule has 0 heterocycles. The normalized spacial score (nSPS) is 10.0. The van der Waals surface area contributed by atoms with Crippen molar-refractivity contribution in [2.45, 2.75) is 13.8 Å². The van der Waals surface area contributed by atoms with Crippen molar-refractivity contribution in [3.8, 4) is 11.5 Å². The first-order valence-corrected chi connectivity index (χ1v) is 7.35. The van der Waals surface area contributed by atoms with Gasteiger partial charge in [0.05, 0.1) is 6.61 Å². The number of benzene rings is 2. The van der Waals surface area contributed by atoms with Crippen LogP contribution in [0.5, 0.6) is 11.5 Å². The number of rotatable bonds is 7. The monoisotopic (exact) mass is 313 g/mol. The molecule has 0 spiro atoms. The molecule has 0 aromatic heterocycles. The van der Waals surface area contributed by atoms with Gasteiger partial charge in [0.25, 0.3) is 5.91 Å². The summed E-state index contributed by atoms with van der Waals surface area (Å²) in [6.07, 6.45) is 0. The molecule has 23 heavy (non-hydrogen) atoms. The Labute approximate surface area is 135 Å². The first-order valence-electron chi connectivity index (χ1n) is 7.35. The van der Waals surface area contributed by atoms with Crippen LogP contribution in [0.15, 0.2) is 48.5 Å². The lowest BCUT2D eigenvalue weighted by Crippen LogP contribution is -2.20. The fraction of sp³-hybridized carbons (Fsp3) is 0.222. The largest absolute Gasteiger partial charge is 0.494 e. The maximum atomic E-state index is 11.9. The van der Waals surface area contributed by atoms with Crippen LogP contribution >= 0.6 is 0 Å². The second kappa shape index (κ2) is 7.98. The number of amides is 1. The number of Topliss-reactive ketones (excluding diaryl/α,β-unsaturated/α-hetero) is 1.